The van der Waals surface area contributed by atoms with Crippen LogP contribution >= 0.6 is 0 Å². The van der Waals surface area contributed by atoms with E-state index in [9.17, 15) is 9.90 Å². The lowest BCUT2D eigenvalue weighted by atomic mass is 10.0. The van der Waals surface area contributed by atoms with E-state index in [-0.39, 0.29) is 12.1 Å². The number of guanidine groups is 1. The molecule has 7 nitrogen and oxygen atoms in total. The molecule has 0 aliphatic carbocycles. The van der Waals surface area contributed by atoms with Gasteiger partial charge in [-0.05, 0) is 50.1 Å². The van der Waals surface area contributed by atoms with Gasteiger partial charge in [0.05, 0.1) is 19.6 Å². The first-order chi connectivity index (χ1) is 14.9. The van der Waals surface area contributed by atoms with Gasteiger partial charge in [0.2, 0.25) is 0 Å². The standard InChI is InChI=1S/C24H30N4O3/c1-4-25-23(27-17-24(3,30)21-13-8-18(2)31-21)26-15-19-9-11-20(12-10-19)16-28-14-6-5-7-22(28)29/h5-14,30H,4,15-17H2,1-3H3,(H2,25,26,27). The summed E-state index contributed by atoms with van der Waals surface area (Å²) >= 11 is 0. The minimum Gasteiger partial charge on any atom is -0.463 e. The molecule has 3 aromatic rings. The highest BCUT2D eigenvalue weighted by atomic mass is 16.4. The molecule has 2 aromatic heterocycles. The van der Waals surface area contributed by atoms with Crippen molar-refractivity contribution in [1.82, 2.24) is 15.2 Å². The van der Waals surface area contributed by atoms with Crippen LogP contribution in [0, 0.1) is 6.92 Å². The summed E-state index contributed by atoms with van der Waals surface area (Å²) in [7, 11) is 0. The maximum Gasteiger partial charge on any atom is 0.250 e. The maximum absolute atomic E-state index is 11.9. The molecular formula is C24H30N4O3. The Balaban J connectivity index is 1.60. The normalized spacial score (nSPS) is 13.6. The van der Waals surface area contributed by atoms with Gasteiger partial charge in [0.1, 0.15) is 17.1 Å². The highest BCUT2D eigenvalue weighted by Crippen LogP contribution is 2.21. The van der Waals surface area contributed by atoms with Crippen LogP contribution in [0.15, 0.2) is 75.0 Å². The van der Waals surface area contributed by atoms with Crippen molar-refractivity contribution < 1.29 is 9.52 Å². The summed E-state index contributed by atoms with van der Waals surface area (Å²) in [6.07, 6.45) is 1.79. The third-order valence-corrected chi connectivity index (χ3v) is 4.91. The Morgan fingerprint density at radius 3 is 2.48 bits per heavy atom. The Hall–Kier alpha value is -3.32. The minimum absolute atomic E-state index is 0.0156. The molecule has 0 aliphatic heterocycles. The van der Waals surface area contributed by atoms with Gasteiger partial charge in [-0.15, -0.1) is 0 Å². The van der Waals surface area contributed by atoms with Gasteiger partial charge < -0.3 is 24.7 Å². The number of hydrogen-bond acceptors (Lipinski definition) is 4. The average Bonchev–Trinajstić information content (AvgIpc) is 3.20. The molecule has 0 saturated carbocycles. The molecule has 7 heteroatoms. The summed E-state index contributed by atoms with van der Waals surface area (Å²) in [4.78, 5) is 16.5. The van der Waals surface area contributed by atoms with Gasteiger partial charge in [-0.3, -0.25) is 4.79 Å². The van der Waals surface area contributed by atoms with Crippen molar-refractivity contribution in [2.24, 2.45) is 4.99 Å². The van der Waals surface area contributed by atoms with E-state index in [2.05, 4.69) is 15.6 Å². The van der Waals surface area contributed by atoms with Crippen LogP contribution in [0.2, 0.25) is 0 Å². The second-order valence-corrected chi connectivity index (χ2v) is 7.72. The molecule has 0 bridgehead atoms. The Morgan fingerprint density at radius 2 is 1.84 bits per heavy atom. The lowest BCUT2D eigenvalue weighted by Crippen LogP contribution is -2.44. The van der Waals surface area contributed by atoms with E-state index < -0.39 is 5.60 Å². The first-order valence-corrected chi connectivity index (χ1v) is 10.4. The largest absolute Gasteiger partial charge is 0.463 e. The van der Waals surface area contributed by atoms with E-state index in [1.54, 1.807) is 35.9 Å². The van der Waals surface area contributed by atoms with Crippen molar-refractivity contribution in [3.8, 4) is 0 Å². The van der Waals surface area contributed by atoms with Crippen molar-refractivity contribution >= 4 is 5.96 Å². The second-order valence-electron chi connectivity index (χ2n) is 7.72. The van der Waals surface area contributed by atoms with Crippen LogP contribution in [-0.4, -0.2) is 28.7 Å². The number of pyridine rings is 1. The fourth-order valence-electron chi connectivity index (χ4n) is 3.12. The molecule has 0 radical (unpaired) electrons. The van der Waals surface area contributed by atoms with E-state index in [1.165, 1.54) is 0 Å². The van der Waals surface area contributed by atoms with Crippen LogP contribution in [0.25, 0.3) is 0 Å². The second kappa shape index (κ2) is 10.1. The maximum atomic E-state index is 11.9. The van der Waals surface area contributed by atoms with Gasteiger partial charge in [-0.25, -0.2) is 4.99 Å². The third-order valence-electron chi connectivity index (χ3n) is 4.91. The average molecular weight is 423 g/mol. The van der Waals surface area contributed by atoms with Crippen LogP contribution in [0.5, 0.6) is 0 Å². The highest BCUT2D eigenvalue weighted by Gasteiger charge is 2.27. The fourth-order valence-corrected chi connectivity index (χ4v) is 3.12. The van der Waals surface area contributed by atoms with Crippen molar-refractivity contribution in [3.05, 3.63) is 93.8 Å². The molecule has 31 heavy (non-hydrogen) atoms. The topological polar surface area (TPSA) is 91.8 Å². The third kappa shape index (κ3) is 6.33. The Bertz CT molecular complexity index is 1060. The lowest BCUT2D eigenvalue weighted by molar-refractivity contribution is 0.0378. The number of hydrogen-bond donors (Lipinski definition) is 3. The Morgan fingerprint density at radius 1 is 1.10 bits per heavy atom. The molecule has 0 aliphatic rings. The minimum atomic E-state index is -1.15. The lowest BCUT2D eigenvalue weighted by Gasteiger charge is -2.22. The van der Waals surface area contributed by atoms with Gasteiger partial charge in [0.25, 0.3) is 5.56 Å². The molecule has 1 unspecified atom stereocenters. The number of benzene rings is 1. The number of nitrogens with one attached hydrogen (secondary N) is 2. The SMILES string of the molecule is CCNC(=NCc1ccc(Cn2ccccc2=O)cc1)NCC(C)(O)c1ccc(C)o1. The van der Waals surface area contributed by atoms with Crippen LogP contribution in [0.4, 0.5) is 0 Å². The molecular weight excluding hydrogens is 392 g/mol. The molecule has 0 spiro atoms. The molecule has 1 aromatic carbocycles. The Labute approximate surface area is 182 Å². The van der Waals surface area contributed by atoms with Crippen molar-refractivity contribution in [2.45, 2.75) is 39.5 Å². The summed E-state index contributed by atoms with van der Waals surface area (Å²) < 4.78 is 7.23. The molecule has 0 fully saturated rings. The number of nitrogens with zero attached hydrogens (tertiary/aromatic N) is 2. The molecule has 0 amide bonds. The van der Waals surface area contributed by atoms with Crippen LogP contribution in [0.1, 0.15) is 36.5 Å². The number of rotatable bonds is 8. The number of aryl methyl sites for hydroxylation is 1. The fraction of sp³-hybridized carbons (Fsp3) is 0.333. The summed E-state index contributed by atoms with van der Waals surface area (Å²) in [6.45, 7) is 7.54. The summed E-state index contributed by atoms with van der Waals surface area (Å²) in [5, 5.41) is 17.1. The molecule has 3 N–H and O–H groups in total. The summed E-state index contributed by atoms with van der Waals surface area (Å²) in [5.41, 5.74) is 0.936. The van der Waals surface area contributed by atoms with Gasteiger partial charge in [-0.2, -0.15) is 0 Å². The smallest absolute Gasteiger partial charge is 0.250 e. The van der Waals surface area contributed by atoms with Gasteiger partial charge in [0.15, 0.2) is 5.96 Å². The van der Waals surface area contributed by atoms with Crippen molar-refractivity contribution in [1.29, 1.82) is 0 Å². The molecule has 164 valence electrons. The zero-order valence-electron chi connectivity index (χ0n) is 18.3. The first-order valence-electron chi connectivity index (χ1n) is 10.4. The van der Waals surface area contributed by atoms with Crippen molar-refractivity contribution in [2.75, 3.05) is 13.1 Å². The number of furan rings is 1. The van der Waals surface area contributed by atoms with E-state index in [0.717, 1.165) is 16.9 Å². The van der Waals surface area contributed by atoms with Gasteiger partial charge in [0, 0.05) is 18.8 Å². The van der Waals surface area contributed by atoms with Gasteiger partial charge in [-0.1, -0.05) is 30.3 Å². The van der Waals surface area contributed by atoms with Gasteiger partial charge >= 0.3 is 0 Å². The van der Waals surface area contributed by atoms with Crippen LogP contribution < -0.4 is 16.2 Å². The molecule has 3 rings (SSSR count). The number of aliphatic hydroxyl groups is 1. The molecule has 1 atom stereocenters. The predicted octanol–water partition coefficient (Wildman–Crippen LogP) is 2.76. The quantitative estimate of drug-likeness (QED) is 0.384. The van der Waals surface area contributed by atoms with Crippen LogP contribution in [0.3, 0.4) is 0 Å². The molecule has 2 heterocycles. The number of aromatic nitrogens is 1. The summed E-state index contributed by atoms with van der Waals surface area (Å²) in [5.74, 6) is 1.89. The first kappa shape index (κ1) is 22.4. The summed E-state index contributed by atoms with van der Waals surface area (Å²) in [6, 6.07) is 16.8. The monoisotopic (exact) mass is 422 g/mol. The zero-order chi connectivity index (χ0) is 22.3. The van der Waals surface area contributed by atoms with Crippen LogP contribution in [-0.2, 0) is 18.7 Å². The van der Waals surface area contributed by atoms with Crippen molar-refractivity contribution in [3.63, 3.8) is 0 Å². The zero-order valence-corrected chi connectivity index (χ0v) is 18.3. The molecule has 0 saturated heterocycles. The predicted molar refractivity (Wildman–Crippen MR) is 122 cm³/mol. The van der Waals surface area contributed by atoms with E-state index in [1.807, 2.05) is 50.2 Å². The van der Waals surface area contributed by atoms with E-state index in [0.29, 0.717) is 31.4 Å². The van der Waals surface area contributed by atoms with E-state index >= 15 is 0 Å². The highest BCUT2D eigenvalue weighted by molar-refractivity contribution is 5.79. The van der Waals surface area contributed by atoms with E-state index in [4.69, 9.17) is 4.42 Å². The Kier molecular flexibility index (Phi) is 7.31. The number of aliphatic imine (C=N–C) groups is 1.